The second-order valence-electron chi connectivity index (χ2n) is 14.2. The molecule has 0 spiro atoms. The molecule has 0 aliphatic heterocycles. The summed E-state index contributed by atoms with van der Waals surface area (Å²) in [5.74, 6) is 1.88. The Hall–Kier alpha value is -7.76. The van der Waals surface area contributed by atoms with E-state index in [0.29, 0.717) is 17.5 Å². The fourth-order valence-electron chi connectivity index (χ4n) is 8.09. The molecule has 0 N–H and O–H groups in total. The van der Waals surface area contributed by atoms with E-state index in [2.05, 4.69) is 168 Å². The van der Waals surface area contributed by atoms with Gasteiger partial charge in [-0.1, -0.05) is 170 Å². The Balaban J connectivity index is 1.09. The molecule has 266 valence electrons. The van der Waals surface area contributed by atoms with Crippen molar-refractivity contribution in [2.75, 3.05) is 0 Å². The van der Waals surface area contributed by atoms with Crippen LogP contribution in [-0.4, -0.2) is 24.5 Å². The zero-order valence-electron chi connectivity index (χ0n) is 30.8. The minimum Gasteiger partial charge on any atom is -0.308 e. The van der Waals surface area contributed by atoms with Gasteiger partial charge in [-0.25, -0.2) is 19.9 Å². The number of rotatable bonds is 6. The normalized spacial score (nSPS) is 11.5. The van der Waals surface area contributed by atoms with E-state index in [1.54, 1.807) is 0 Å². The van der Waals surface area contributed by atoms with E-state index in [1.165, 1.54) is 10.9 Å². The summed E-state index contributed by atoms with van der Waals surface area (Å²) in [5, 5.41) is 5.70. The van der Waals surface area contributed by atoms with Crippen LogP contribution in [0.5, 0.6) is 0 Å². The van der Waals surface area contributed by atoms with Crippen LogP contribution < -0.4 is 0 Å². The van der Waals surface area contributed by atoms with E-state index < -0.39 is 0 Å². The lowest BCUT2D eigenvalue weighted by atomic mass is 10.00. The predicted octanol–water partition coefficient (Wildman–Crippen LogP) is 13.0. The second kappa shape index (κ2) is 13.5. The minimum atomic E-state index is 0.618. The van der Waals surface area contributed by atoms with Crippen molar-refractivity contribution in [1.29, 1.82) is 0 Å². The summed E-state index contributed by atoms with van der Waals surface area (Å²) in [6.07, 6.45) is 0. The average molecular weight is 728 g/mol. The van der Waals surface area contributed by atoms with E-state index in [0.717, 1.165) is 77.3 Å². The topological polar surface area (TPSA) is 56.5 Å². The molecule has 0 bridgehead atoms. The van der Waals surface area contributed by atoms with Gasteiger partial charge in [0.1, 0.15) is 0 Å². The molecule has 0 atom stereocenters. The Kier molecular flexibility index (Phi) is 7.74. The molecule has 0 unspecified atom stereocenters. The molecule has 0 fully saturated rings. The standard InChI is InChI=1S/C52H33N5/c1-4-14-34(15-5-1)35-24-26-39(27-25-35)51-54-50(38-19-8-3-9-20-38)55-52(56-51)40-28-31-41(32-29-40)57-45-23-13-12-22-43(45)46-47(37-17-6-2-7-18-37)53-48-42-21-11-10-16-36(42)30-33-44(48)49(46)57/h1-33H. The molecule has 0 aliphatic rings. The van der Waals surface area contributed by atoms with Crippen molar-refractivity contribution in [3.05, 3.63) is 200 Å². The molecule has 0 radical (unpaired) electrons. The molecule has 0 saturated heterocycles. The Morgan fingerprint density at radius 2 is 0.789 bits per heavy atom. The number of nitrogens with zero attached hydrogens (tertiary/aromatic N) is 5. The van der Waals surface area contributed by atoms with Gasteiger partial charge in [0.05, 0.1) is 22.2 Å². The molecule has 5 nitrogen and oxygen atoms in total. The summed E-state index contributed by atoms with van der Waals surface area (Å²) in [7, 11) is 0. The average Bonchev–Trinajstić information content (AvgIpc) is 3.65. The largest absolute Gasteiger partial charge is 0.308 e. The van der Waals surface area contributed by atoms with E-state index in [1.807, 2.05) is 36.4 Å². The first-order valence-electron chi connectivity index (χ1n) is 19.1. The van der Waals surface area contributed by atoms with Crippen LogP contribution in [0.1, 0.15) is 0 Å². The number of fused-ring (bicyclic) bond motifs is 7. The molecule has 0 saturated carbocycles. The molecule has 11 rings (SSSR count). The summed E-state index contributed by atoms with van der Waals surface area (Å²) in [6, 6.07) is 69.7. The molecule has 3 heterocycles. The van der Waals surface area contributed by atoms with Crippen LogP contribution in [0.25, 0.3) is 106 Å². The third-order valence-corrected chi connectivity index (χ3v) is 10.8. The van der Waals surface area contributed by atoms with Gasteiger partial charge in [-0.05, 0) is 46.8 Å². The summed E-state index contributed by atoms with van der Waals surface area (Å²) in [5.41, 5.74) is 11.4. The number of para-hydroxylation sites is 1. The van der Waals surface area contributed by atoms with Gasteiger partial charge in [0.15, 0.2) is 17.5 Å². The fraction of sp³-hybridized carbons (Fsp3) is 0. The number of pyridine rings is 1. The van der Waals surface area contributed by atoms with Gasteiger partial charge >= 0.3 is 0 Å². The van der Waals surface area contributed by atoms with E-state index in [4.69, 9.17) is 19.9 Å². The van der Waals surface area contributed by atoms with Crippen molar-refractivity contribution in [1.82, 2.24) is 24.5 Å². The highest BCUT2D eigenvalue weighted by atomic mass is 15.0. The maximum absolute atomic E-state index is 5.46. The van der Waals surface area contributed by atoms with Gasteiger partial charge in [0, 0.05) is 49.5 Å². The second-order valence-corrected chi connectivity index (χ2v) is 14.2. The Labute approximate surface area is 329 Å². The van der Waals surface area contributed by atoms with Crippen molar-refractivity contribution in [2.24, 2.45) is 0 Å². The molecular weight excluding hydrogens is 695 g/mol. The van der Waals surface area contributed by atoms with Gasteiger partial charge in [-0.3, -0.25) is 0 Å². The zero-order chi connectivity index (χ0) is 37.7. The van der Waals surface area contributed by atoms with Crippen LogP contribution in [0.2, 0.25) is 0 Å². The van der Waals surface area contributed by atoms with Gasteiger partial charge in [-0.15, -0.1) is 0 Å². The molecule has 5 heteroatoms. The maximum Gasteiger partial charge on any atom is 0.164 e. The smallest absolute Gasteiger partial charge is 0.164 e. The summed E-state index contributed by atoms with van der Waals surface area (Å²) >= 11 is 0. The first-order chi connectivity index (χ1) is 28.3. The third kappa shape index (κ3) is 5.64. The maximum atomic E-state index is 5.46. The van der Waals surface area contributed by atoms with Gasteiger partial charge < -0.3 is 4.57 Å². The van der Waals surface area contributed by atoms with Crippen molar-refractivity contribution >= 4 is 43.5 Å². The summed E-state index contributed by atoms with van der Waals surface area (Å²) in [6.45, 7) is 0. The summed E-state index contributed by atoms with van der Waals surface area (Å²) in [4.78, 5) is 20.5. The van der Waals surface area contributed by atoms with Crippen LogP contribution in [0.15, 0.2) is 200 Å². The Bertz CT molecular complexity index is 3250. The van der Waals surface area contributed by atoms with Crippen LogP contribution >= 0.6 is 0 Å². The molecule has 0 aliphatic carbocycles. The highest BCUT2D eigenvalue weighted by Gasteiger charge is 2.22. The van der Waals surface area contributed by atoms with Gasteiger partial charge in [0.25, 0.3) is 0 Å². The number of benzene rings is 8. The molecule has 0 amide bonds. The fourth-order valence-corrected chi connectivity index (χ4v) is 8.09. The van der Waals surface area contributed by atoms with Crippen LogP contribution in [-0.2, 0) is 0 Å². The van der Waals surface area contributed by atoms with Crippen molar-refractivity contribution in [2.45, 2.75) is 0 Å². The molecule has 3 aromatic heterocycles. The van der Waals surface area contributed by atoms with Crippen molar-refractivity contribution in [3.8, 4) is 62.2 Å². The first-order valence-corrected chi connectivity index (χ1v) is 19.1. The summed E-state index contributed by atoms with van der Waals surface area (Å²) < 4.78 is 2.39. The lowest BCUT2D eigenvalue weighted by Gasteiger charge is -2.14. The number of aromatic nitrogens is 5. The van der Waals surface area contributed by atoms with Gasteiger partial charge in [-0.2, -0.15) is 0 Å². The first kappa shape index (κ1) is 32.7. The quantitative estimate of drug-likeness (QED) is 0.160. The van der Waals surface area contributed by atoms with Crippen molar-refractivity contribution in [3.63, 3.8) is 0 Å². The van der Waals surface area contributed by atoms with Crippen LogP contribution in [0.3, 0.4) is 0 Å². The number of hydrogen-bond donors (Lipinski definition) is 0. The van der Waals surface area contributed by atoms with Crippen LogP contribution in [0, 0.1) is 0 Å². The molecular formula is C52H33N5. The van der Waals surface area contributed by atoms with E-state index in [9.17, 15) is 0 Å². The number of hydrogen-bond acceptors (Lipinski definition) is 4. The molecule has 57 heavy (non-hydrogen) atoms. The van der Waals surface area contributed by atoms with Gasteiger partial charge in [0.2, 0.25) is 0 Å². The zero-order valence-corrected chi connectivity index (χ0v) is 30.8. The predicted molar refractivity (Wildman–Crippen MR) is 234 cm³/mol. The van der Waals surface area contributed by atoms with E-state index in [-0.39, 0.29) is 0 Å². The lowest BCUT2D eigenvalue weighted by Crippen LogP contribution is -2.01. The minimum absolute atomic E-state index is 0.618. The van der Waals surface area contributed by atoms with Crippen molar-refractivity contribution < 1.29 is 0 Å². The highest BCUT2D eigenvalue weighted by Crippen LogP contribution is 2.42. The molecule has 8 aromatic carbocycles. The highest BCUT2D eigenvalue weighted by molar-refractivity contribution is 6.25. The monoisotopic (exact) mass is 727 g/mol. The van der Waals surface area contributed by atoms with E-state index >= 15 is 0 Å². The lowest BCUT2D eigenvalue weighted by molar-refractivity contribution is 1.07. The Morgan fingerprint density at radius 1 is 0.316 bits per heavy atom. The SMILES string of the molecule is c1ccc(-c2ccc(-c3nc(-c4ccccc4)nc(-c4ccc(-n5c6ccccc6c6c(-c7ccccc7)nc7c8ccccc8ccc7c65)cc4)n3)cc2)cc1. The third-order valence-electron chi connectivity index (χ3n) is 10.8. The molecule has 11 aromatic rings. The van der Waals surface area contributed by atoms with Crippen LogP contribution in [0.4, 0.5) is 0 Å². The Morgan fingerprint density at radius 3 is 1.44 bits per heavy atom.